The van der Waals surface area contributed by atoms with Crippen LogP contribution in [0.2, 0.25) is 20.1 Å². The van der Waals surface area contributed by atoms with E-state index in [1.54, 1.807) is 45.7 Å². The lowest BCUT2D eigenvalue weighted by molar-refractivity contribution is -0.151. The van der Waals surface area contributed by atoms with Crippen LogP contribution in [0.1, 0.15) is 38.3 Å². The number of methoxy groups -OCH3 is 4. The number of rotatable bonds is 15. The predicted molar refractivity (Wildman–Crippen MR) is 271 cm³/mol. The number of ether oxygens (including phenoxy) is 6. The molecule has 6 aromatic rings. The van der Waals surface area contributed by atoms with Gasteiger partial charge in [0.05, 0.1) is 72.8 Å². The average molecular weight is 1030 g/mol. The van der Waals surface area contributed by atoms with E-state index in [2.05, 4.69) is 21.9 Å². The Morgan fingerprint density at radius 3 is 1.57 bits per heavy atom. The normalized spacial score (nSPS) is 17.4. The van der Waals surface area contributed by atoms with Crippen molar-refractivity contribution < 1.29 is 42.8 Å². The van der Waals surface area contributed by atoms with Gasteiger partial charge in [-0.3, -0.25) is 9.59 Å². The minimum atomic E-state index is -0.632. The fourth-order valence-electron chi connectivity index (χ4n) is 8.73. The minimum absolute atomic E-state index is 0.0110. The zero-order chi connectivity index (χ0) is 50.2. The number of carbonyl (C=O) groups excluding carboxylic acids is 3. The Bertz CT molecular complexity index is 2890. The number of carbonyl (C=O) groups is 3. The lowest BCUT2D eigenvalue weighted by atomic mass is 10.0. The number of fused-ring (bicyclic) bond motifs is 2. The zero-order valence-electron chi connectivity index (χ0n) is 39.4. The summed E-state index contributed by atoms with van der Waals surface area (Å²) >= 11 is 26.3. The molecule has 1 amide bonds. The fraction of sp³-hybridized carbons (Fsp3) is 0.353. The molecule has 368 valence electrons. The molecule has 0 saturated carbocycles. The molecular weight excluding hydrogens is 982 g/mol. The van der Waals surface area contributed by atoms with Crippen LogP contribution in [0.3, 0.4) is 0 Å². The van der Waals surface area contributed by atoms with Crippen LogP contribution >= 0.6 is 46.4 Å². The molecule has 2 fully saturated rings. The third-order valence-corrected chi connectivity index (χ3v) is 13.6. The van der Waals surface area contributed by atoms with Gasteiger partial charge in [-0.05, 0) is 86.5 Å². The summed E-state index contributed by atoms with van der Waals surface area (Å²) in [6, 6.07) is 13.8. The van der Waals surface area contributed by atoms with Crippen LogP contribution in [-0.2, 0) is 36.7 Å². The van der Waals surface area contributed by atoms with Gasteiger partial charge in [-0.1, -0.05) is 65.1 Å². The number of hydrogen-bond acceptors (Lipinski definition) is 14. The summed E-state index contributed by atoms with van der Waals surface area (Å²) in [4.78, 5) is 56.7. The second kappa shape index (κ2) is 23.3. The Morgan fingerprint density at radius 2 is 1.13 bits per heavy atom. The molecule has 0 radical (unpaired) electrons. The van der Waals surface area contributed by atoms with Gasteiger partial charge in [0.15, 0.2) is 0 Å². The van der Waals surface area contributed by atoms with E-state index >= 15 is 0 Å². The molecule has 15 nitrogen and oxygen atoms in total. The molecule has 2 aliphatic rings. The summed E-state index contributed by atoms with van der Waals surface area (Å²) in [6.07, 6.45) is 7.15. The molecule has 19 heteroatoms. The molecule has 4 aromatic carbocycles. The fourth-order valence-corrected chi connectivity index (χ4v) is 10.2. The van der Waals surface area contributed by atoms with E-state index in [-0.39, 0.29) is 36.4 Å². The van der Waals surface area contributed by atoms with E-state index in [1.807, 2.05) is 43.3 Å². The number of hydrogen-bond donors (Lipinski definition) is 1. The zero-order valence-corrected chi connectivity index (χ0v) is 42.5. The minimum Gasteiger partial charge on any atom is -0.495 e. The van der Waals surface area contributed by atoms with Gasteiger partial charge in [0.2, 0.25) is 5.91 Å². The maximum atomic E-state index is 12.4. The Morgan fingerprint density at radius 1 is 0.671 bits per heavy atom. The number of aromatic nitrogens is 4. The van der Waals surface area contributed by atoms with Crippen molar-refractivity contribution in [3.8, 4) is 45.3 Å². The maximum Gasteiger partial charge on any atom is 0.328 e. The first kappa shape index (κ1) is 51.9. The van der Waals surface area contributed by atoms with Crippen molar-refractivity contribution in [3.05, 3.63) is 105 Å². The van der Waals surface area contributed by atoms with Crippen LogP contribution in [0.4, 0.5) is 0 Å². The number of nitrogens with zero attached hydrogens (tertiary/aromatic N) is 5. The number of likely N-dealkylation sites (tertiary alicyclic amines) is 1. The molecule has 2 aromatic heterocycles. The standard InChI is InChI=1S/C27H27Cl2N3O5.C24H25Cl2N3O4/c1-5-23(33)32-14-15(9-19(32)27(34)37-6-2)10-22-30-13-17-11-16(7-8-18(17)31-22)24-25(28)20(35-3)12-21(36-4)26(24)29;1-4-33-24(30)17-7-13(11-27-17)8-20-28-12-15-9-14(5-6-16(15)29-20)21-22(25)18(31-2)10-19(32-3)23(21)26/h5,7-8,11-13,15,19H,1,6,9-10,14H2,2-4H3;5-6,9-10,12-13,17,27H,4,7-8,11H2,1-3H3/t15-,19+;13-,17+/m11/s1. The first-order valence-corrected chi connectivity index (χ1v) is 24.0. The summed E-state index contributed by atoms with van der Waals surface area (Å²) in [5.74, 6) is 2.62. The summed E-state index contributed by atoms with van der Waals surface area (Å²) in [5, 5.41) is 6.46. The number of esters is 2. The van der Waals surface area contributed by atoms with Crippen LogP contribution in [-0.4, -0.2) is 110 Å². The van der Waals surface area contributed by atoms with E-state index in [0.717, 1.165) is 45.3 Å². The second-order valence-corrected chi connectivity index (χ2v) is 18.0. The van der Waals surface area contributed by atoms with Crippen molar-refractivity contribution in [2.45, 2.75) is 51.6 Å². The molecule has 0 unspecified atom stereocenters. The predicted octanol–water partition coefficient (Wildman–Crippen LogP) is 9.83. The summed E-state index contributed by atoms with van der Waals surface area (Å²) in [7, 11) is 6.14. The largest absolute Gasteiger partial charge is 0.495 e. The van der Waals surface area contributed by atoms with E-state index in [1.165, 1.54) is 25.2 Å². The number of amides is 1. The average Bonchev–Trinajstić information content (AvgIpc) is 4.02. The highest BCUT2D eigenvalue weighted by molar-refractivity contribution is 6.42. The highest BCUT2D eigenvalue weighted by Gasteiger charge is 2.40. The van der Waals surface area contributed by atoms with Crippen LogP contribution in [0.25, 0.3) is 44.1 Å². The van der Waals surface area contributed by atoms with E-state index in [9.17, 15) is 14.4 Å². The highest BCUT2D eigenvalue weighted by Crippen LogP contribution is 2.48. The van der Waals surface area contributed by atoms with Crippen molar-refractivity contribution in [2.75, 3.05) is 54.7 Å². The number of benzene rings is 4. The van der Waals surface area contributed by atoms with Gasteiger partial charge in [0.1, 0.15) is 46.7 Å². The van der Waals surface area contributed by atoms with Crippen LogP contribution < -0.4 is 24.3 Å². The molecular formula is C51H52Cl4N6O9. The van der Waals surface area contributed by atoms with Crippen LogP contribution in [0.5, 0.6) is 23.0 Å². The van der Waals surface area contributed by atoms with Gasteiger partial charge in [-0.25, -0.2) is 24.7 Å². The third-order valence-electron chi connectivity index (χ3n) is 12.1. The highest BCUT2D eigenvalue weighted by atomic mass is 35.5. The molecule has 1 N–H and O–H groups in total. The molecule has 8 rings (SSSR count). The summed E-state index contributed by atoms with van der Waals surface area (Å²) in [6.45, 7) is 8.88. The molecule has 0 aliphatic carbocycles. The van der Waals surface area contributed by atoms with Gasteiger partial charge < -0.3 is 38.6 Å². The molecule has 2 aliphatic heterocycles. The summed E-state index contributed by atoms with van der Waals surface area (Å²) < 4.78 is 31.8. The van der Waals surface area contributed by atoms with Crippen molar-refractivity contribution in [1.82, 2.24) is 30.2 Å². The Hall–Kier alpha value is -5.97. The second-order valence-electron chi connectivity index (χ2n) is 16.5. The SMILES string of the molecule is C=CC(=O)N1C[C@@H](Cc2ncc3cc(-c4c(Cl)c(OC)cc(OC)c4Cl)ccc3n2)C[C@H]1C(=O)OCC.CCOC(=O)[C@@H]1C[C@H](Cc2ncc3cc(-c4c(Cl)c(OC)cc(OC)c4Cl)ccc3n2)CN1. The van der Waals surface area contributed by atoms with E-state index < -0.39 is 12.0 Å². The summed E-state index contributed by atoms with van der Waals surface area (Å²) in [5.41, 5.74) is 4.36. The molecule has 0 bridgehead atoms. The van der Waals surface area contributed by atoms with Crippen LogP contribution in [0, 0.1) is 11.8 Å². The van der Waals surface area contributed by atoms with Gasteiger partial charge in [0, 0.05) is 65.8 Å². The monoisotopic (exact) mass is 1030 g/mol. The Balaban J connectivity index is 0.000000208. The van der Waals surface area contributed by atoms with Crippen molar-refractivity contribution in [1.29, 1.82) is 0 Å². The van der Waals surface area contributed by atoms with Crippen LogP contribution in [0.15, 0.2) is 73.6 Å². The Labute approximate surface area is 425 Å². The molecule has 0 spiro atoms. The lowest BCUT2D eigenvalue weighted by Crippen LogP contribution is -2.40. The van der Waals surface area contributed by atoms with Crippen molar-refractivity contribution in [2.24, 2.45) is 11.8 Å². The first-order valence-electron chi connectivity index (χ1n) is 22.5. The molecule has 4 atom stereocenters. The van der Waals surface area contributed by atoms with Gasteiger partial charge in [-0.2, -0.15) is 0 Å². The van der Waals surface area contributed by atoms with Gasteiger partial charge >= 0.3 is 11.9 Å². The van der Waals surface area contributed by atoms with E-state index in [4.69, 9.17) is 84.8 Å². The van der Waals surface area contributed by atoms with Gasteiger partial charge in [-0.15, -0.1) is 0 Å². The molecule has 2 saturated heterocycles. The number of nitrogens with one attached hydrogen (secondary N) is 1. The topological polar surface area (TPSA) is 173 Å². The molecule has 4 heterocycles. The third kappa shape index (κ3) is 11.3. The first-order chi connectivity index (χ1) is 33.7. The molecule has 70 heavy (non-hydrogen) atoms. The Kier molecular flexibility index (Phi) is 17.3. The van der Waals surface area contributed by atoms with E-state index in [0.29, 0.717) is 98.9 Å². The van der Waals surface area contributed by atoms with Gasteiger partial charge in [0.25, 0.3) is 0 Å². The number of halogens is 4. The smallest absolute Gasteiger partial charge is 0.328 e. The quantitative estimate of drug-likeness (QED) is 0.0761. The lowest BCUT2D eigenvalue weighted by Gasteiger charge is -2.21. The van der Waals surface area contributed by atoms with Crippen molar-refractivity contribution >= 4 is 86.1 Å². The van der Waals surface area contributed by atoms with Crippen molar-refractivity contribution in [3.63, 3.8) is 0 Å². The maximum absolute atomic E-state index is 12.4.